The zero-order valence-corrected chi connectivity index (χ0v) is 14.1. The number of hydrogen-bond acceptors (Lipinski definition) is 3. The number of likely N-dealkylation sites (tertiary alicyclic amines) is 1. The van der Waals surface area contributed by atoms with E-state index in [9.17, 15) is 14.9 Å². The lowest BCUT2D eigenvalue weighted by Crippen LogP contribution is -2.42. The van der Waals surface area contributed by atoms with Gasteiger partial charge in [-0.05, 0) is 43.5 Å². The quantitative estimate of drug-likeness (QED) is 0.929. The molecule has 128 valence electrons. The second-order valence-electron chi connectivity index (χ2n) is 6.37. The summed E-state index contributed by atoms with van der Waals surface area (Å²) in [5.74, 6) is -0.679. The van der Waals surface area contributed by atoms with Crippen molar-refractivity contribution in [2.45, 2.75) is 19.8 Å². The molecule has 3 rings (SSSR count). The average Bonchev–Trinajstić information content (AvgIpc) is 3.05. The minimum atomic E-state index is -0.312. The molecular formula is C19H20N4O2. The third-order valence-electron chi connectivity index (χ3n) is 4.67. The first kappa shape index (κ1) is 16.8. The molecule has 0 unspecified atom stereocenters. The van der Waals surface area contributed by atoms with E-state index in [1.807, 2.05) is 31.2 Å². The summed E-state index contributed by atoms with van der Waals surface area (Å²) in [6.07, 6.45) is 2.87. The van der Waals surface area contributed by atoms with E-state index in [1.165, 1.54) is 0 Å². The molecule has 6 heteroatoms. The number of hydrogen-bond donors (Lipinski definition) is 1. The lowest BCUT2D eigenvalue weighted by molar-refractivity contribution is -0.123. The number of benzene rings is 1. The molecule has 2 amide bonds. The third-order valence-corrected chi connectivity index (χ3v) is 4.67. The van der Waals surface area contributed by atoms with Crippen LogP contribution in [0.1, 0.15) is 34.5 Å². The Morgan fingerprint density at radius 2 is 1.96 bits per heavy atom. The molecule has 0 aliphatic carbocycles. The molecule has 0 radical (unpaired) electrons. The summed E-state index contributed by atoms with van der Waals surface area (Å²) >= 11 is 0. The fraction of sp³-hybridized carbons (Fsp3) is 0.316. The minimum absolute atomic E-state index is 0.178. The number of amides is 2. The minimum Gasteiger partial charge on any atom is -0.369 e. The van der Waals surface area contributed by atoms with Gasteiger partial charge in [-0.2, -0.15) is 5.26 Å². The molecule has 1 aromatic carbocycles. The van der Waals surface area contributed by atoms with Gasteiger partial charge in [-0.3, -0.25) is 9.59 Å². The summed E-state index contributed by atoms with van der Waals surface area (Å²) in [5, 5.41) is 9.40. The van der Waals surface area contributed by atoms with E-state index in [1.54, 1.807) is 21.7 Å². The standard InChI is InChI=1S/C19H20N4O2/c1-13-3-2-4-16(11-13)23-10-7-15(12-20)17(23)19(25)22-8-5-14(6-9-22)18(21)24/h2-4,7,10-11,14H,5-6,8-9H2,1H3,(H2,21,24). The average molecular weight is 336 g/mol. The van der Waals surface area contributed by atoms with Gasteiger partial charge < -0.3 is 15.2 Å². The molecule has 2 aromatic rings. The van der Waals surface area contributed by atoms with Crippen molar-refractivity contribution in [2.24, 2.45) is 11.7 Å². The fourth-order valence-corrected chi connectivity index (χ4v) is 3.25. The van der Waals surface area contributed by atoms with Crippen LogP contribution < -0.4 is 5.73 Å². The van der Waals surface area contributed by atoms with E-state index in [-0.39, 0.29) is 17.7 Å². The Morgan fingerprint density at radius 1 is 1.24 bits per heavy atom. The molecule has 0 bridgehead atoms. The predicted molar refractivity (Wildman–Crippen MR) is 93.0 cm³/mol. The Hall–Kier alpha value is -3.07. The Morgan fingerprint density at radius 3 is 2.56 bits per heavy atom. The Bertz CT molecular complexity index is 855. The van der Waals surface area contributed by atoms with Crippen LogP contribution in [0.3, 0.4) is 0 Å². The zero-order valence-electron chi connectivity index (χ0n) is 14.1. The molecule has 1 saturated heterocycles. The molecule has 1 aliphatic rings. The van der Waals surface area contributed by atoms with Crippen LogP contribution in [0.2, 0.25) is 0 Å². The molecule has 0 atom stereocenters. The van der Waals surface area contributed by atoms with Crippen molar-refractivity contribution < 1.29 is 9.59 Å². The Balaban J connectivity index is 1.92. The van der Waals surface area contributed by atoms with Crippen molar-refractivity contribution in [3.8, 4) is 11.8 Å². The van der Waals surface area contributed by atoms with Crippen molar-refractivity contribution in [3.63, 3.8) is 0 Å². The van der Waals surface area contributed by atoms with Crippen molar-refractivity contribution in [1.82, 2.24) is 9.47 Å². The largest absolute Gasteiger partial charge is 0.369 e. The monoisotopic (exact) mass is 336 g/mol. The highest BCUT2D eigenvalue weighted by Gasteiger charge is 2.29. The maximum absolute atomic E-state index is 13.0. The molecule has 6 nitrogen and oxygen atoms in total. The number of nitriles is 1. The SMILES string of the molecule is Cc1cccc(-n2ccc(C#N)c2C(=O)N2CCC(C(N)=O)CC2)c1. The summed E-state index contributed by atoms with van der Waals surface area (Å²) in [6, 6.07) is 11.5. The number of nitrogens with zero attached hydrogens (tertiary/aromatic N) is 3. The molecule has 1 aromatic heterocycles. The van der Waals surface area contributed by atoms with Crippen LogP contribution in [0.15, 0.2) is 36.5 Å². The summed E-state index contributed by atoms with van der Waals surface area (Å²) in [6.45, 7) is 2.92. The van der Waals surface area contributed by atoms with Gasteiger partial charge in [0.2, 0.25) is 5.91 Å². The number of piperidine rings is 1. The molecule has 1 fully saturated rings. The first-order valence-corrected chi connectivity index (χ1v) is 8.28. The molecule has 2 N–H and O–H groups in total. The number of aromatic nitrogens is 1. The van der Waals surface area contributed by atoms with Gasteiger partial charge in [0, 0.05) is 30.9 Å². The lowest BCUT2D eigenvalue weighted by Gasteiger charge is -2.31. The Labute approximate surface area is 146 Å². The Kier molecular flexibility index (Phi) is 4.57. The van der Waals surface area contributed by atoms with Crippen LogP contribution in [0.25, 0.3) is 5.69 Å². The summed E-state index contributed by atoms with van der Waals surface area (Å²) in [5.41, 5.74) is 7.99. The van der Waals surface area contributed by atoms with E-state index in [2.05, 4.69) is 6.07 Å². The summed E-state index contributed by atoms with van der Waals surface area (Å²) in [4.78, 5) is 26.0. The first-order chi connectivity index (χ1) is 12.0. The molecule has 25 heavy (non-hydrogen) atoms. The van der Waals surface area contributed by atoms with Crippen molar-refractivity contribution in [1.29, 1.82) is 5.26 Å². The normalized spacial score (nSPS) is 15.0. The smallest absolute Gasteiger partial charge is 0.272 e. The van der Waals surface area contributed by atoms with Gasteiger partial charge in [0.05, 0.1) is 5.56 Å². The second kappa shape index (κ2) is 6.81. The van der Waals surface area contributed by atoms with Gasteiger partial charge in [0.1, 0.15) is 11.8 Å². The predicted octanol–water partition coefficient (Wildman–Crippen LogP) is 1.99. The fourth-order valence-electron chi connectivity index (χ4n) is 3.25. The first-order valence-electron chi connectivity index (χ1n) is 8.28. The number of primary amides is 1. The molecule has 0 spiro atoms. The highest BCUT2D eigenvalue weighted by Crippen LogP contribution is 2.23. The van der Waals surface area contributed by atoms with Crippen LogP contribution in [0.5, 0.6) is 0 Å². The van der Waals surface area contributed by atoms with Gasteiger partial charge >= 0.3 is 0 Å². The highest BCUT2D eigenvalue weighted by molar-refractivity contribution is 5.96. The number of carbonyl (C=O) groups is 2. The van der Waals surface area contributed by atoms with Crippen molar-refractivity contribution in [2.75, 3.05) is 13.1 Å². The molecule has 2 heterocycles. The second-order valence-corrected chi connectivity index (χ2v) is 6.37. The third kappa shape index (κ3) is 3.26. The van der Waals surface area contributed by atoms with Gasteiger partial charge in [0.15, 0.2) is 0 Å². The van der Waals surface area contributed by atoms with Crippen molar-refractivity contribution in [3.05, 3.63) is 53.3 Å². The van der Waals surface area contributed by atoms with E-state index in [0.29, 0.717) is 37.2 Å². The van der Waals surface area contributed by atoms with Gasteiger partial charge in [-0.1, -0.05) is 12.1 Å². The molecular weight excluding hydrogens is 316 g/mol. The lowest BCUT2D eigenvalue weighted by atomic mass is 9.96. The van der Waals surface area contributed by atoms with E-state index >= 15 is 0 Å². The zero-order chi connectivity index (χ0) is 18.0. The van der Waals surface area contributed by atoms with Gasteiger partial charge in [-0.25, -0.2) is 0 Å². The van der Waals surface area contributed by atoms with Crippen molar-refractivity contribution >= 4 is 11.8 Å². The van der Waals surface area contributed by atoms with Crippen LogP contribution in [0, 0.1) is 24.2 Å². The van der Waals surface area contributed by atoms with Crippen LogP contribution in [-0.4, -0.2) is 34.4 Å². The maximum atomic E-state index is 13.0. The van der Waals surface area contributed by atoms with E-state index in [0.717, 1.165) is 11.3 Å². The highest BCUT2D eigenvalue weighted by atomic mass is 16.2. The number of aryl methyl sites for hydroxylation is 1. The van der Waals surface area contributed by atoms with Crippen LogP contribution >= 0.6 is 0 Å². The topological polar surface area (TPSA) is 92.1 Å². The van der Waals surface area contributed by atoms with Gasteiger partial charge in [-0.15, -0.1) is 0 Å². The number of carbonyl (C=O) groups excluding carboxylic acids is 2. The summed E-state index contributed by atoms with van der Waals surface area (Å²) in [7, 11) is 0. The number of rotatable bonds is 3. The summed E-state index contributed by atoms with van der Waals surface area (Å²) < 4.78 is 1.76. The van der Waals surface area contributed by atoms with Gasteiger partial charge in [0.25, 0.3) is 5.91 Å². The maximum Gasteiger partial charge on any atom is 0.272 e. The van der Waals surface area contributed by atoms with Crippen LogP contribution in [-0.2, 0) is 4.79 Å². The van der Waals surface area contributed by atoms with E-state index in [4.69, 9.17) is 5.73 Å². The van der Waals surface area contributed by atoms with E-state index < -0.39 is 0 Å². The number of nitrogens with two attached hydrogens (primary N) is 1. The molecule has 1 aliphatic heterocycles. The van der Waals surface area contributed by atoms with Crippen LogP contribution in [0.4, 0.5) is 0 Å². The molecule has 0 saturated carbocycles.